The third-order valence-electron chi connectivity index (χ3n) is 3.14. The molecule has 0 saturated carbocycles. The van der Waals surface area contributed by atoms with Gasteiger partial charge in [-0.2, -0.15) is 0 Å². The zero-order chi connectivity index (χ0) is 17.5. The fourth-order valence-corrected chi connectivity index (χ4v) is 3.71. The summed E-state index contributed by atoms with van der Waals surface area (Å²) in [6.07, 6.45) is 0. The van der Waals surface area contributed by atoms with Gasteiger partial charge in [0, 0.05) is 11.0 Å². The predicted octanol–water partition coefficient (Wildman–Crippen LogP) is 4.34. The molecule has 1 amide bonds. The van der Waals surface area contributed by atoms with E-state index in [4.69, 9.17) is 0 Å². The molecular weight excluding hydrogens is 408 g/mol. The highest BCUT2D eigenvalue weighted by atomic mass is 79.9. The Balaban J connectivity index is 1.77. The zero-order valence-electron chi connectivity index (χ0n) is 13.9. The molecule has 1 aromatic carbocycles. The second kappa shape index (κ2) is 9.39. The van der Waals surface area contributed by atoms with E-state index in [1.807, 2.05) is 31.2 Å². The van der Waals surface area contributed by atoms with Crippen LogP contribution in [-0.4, -0.2) is 28.4 Å². The Hall–Kier alpha value is -1.12. The van der Waals surface area contributed by atoms with Crippen molar-refractivity contribution in [2.24, 2.45) is 5.92 Å². The number of amides is 1. The summed E-state index contributed by atoms with van der Waals surface area (Å²) in [6.45, 7) is 7.12. The molecule has 1 unspecified atom stereocenters. The summed E-state index contributed by atoms with van der Waals surface area (Å²) in [5, 5.41) is 15.2. The van der Waals surface area contributed by atoms with E-state index in [1.165, 1.54) is 23.1 Å². The van der Waals surface area contributed by atoms with Crippen molar-refractivity contribution < 1.29 is 4.79 Å². The monoisotopic (exact) mass is 428 g/mol. The summed E-state index contributed by atoms with van der Waals surface area (Å²) in [6, 6.07) is 7.92. The van der Waals surface area contributed by atoms with Crippen molar-refractivity contribution in [2.75, 3.05) is 17.6 Å². The van der Waals surface area contributed by atoms with Crippen LogP contribution in [0, 0.1) is 5.92 Å². The number of hydrogen-bond donors (Lipinski definition) is 2. The molecule has 130 valence electrons. The van der Waals surface area contributed by atoms with Gasteiger partial charge in [-0.05, 0) is 30.5 Å². The molecule has 0 aliphatic heterocycles. The lowest BCUT2D eigenvalue weighted by atomic mass is 10.1. The average Bonchev–Trinajstić information content (AvgIpc) is 2.99. The number of carbonyl (C=O) groups is 1. The number of rotatable bonds is 8. The first-order chi connectivity index (χ1) is 11.4. The molecule has 24 heavy (non-hydrogen) atoms. The predicted molar refractivity (Wildman–Crippen MR) is 105 cm³/mol. The fourth-order valence-electron chi connectivity index (χ4n) is 1.88. The van der Waals surface area contributed by atoms with Crippen LogP contribution in [0.15, 0.2) is 33.1 Å². The molecule has 0 aliphatic rings. The van der Waals surface area contributed by atoms with Gasteiger partial charge < -0.3 is 10.6 Å². The summed E-state index contributed by atoms with van der Waals surface area (Å²) < 4.78 is 1.83. The first-order valence-electron chi connectivity index (χ1n) is 7.69. The van der Waals surface area contributed by atoms with Crippen molar-refractivity contribution in [3.8, 4) is 0 Å². The quantitative estimate of drug-likeness (QED) is 0.612. The molecule has 8 heteroatoms. The minimum Gasteiger partial charge on any atom is -0.360 e. The van der Waals surface area contributed by atoms with Crippen LogP contribution in [0.2, 0.25) is 0 Å². The minimum absolute atomic E-state index is 0.0118. The van der Waals surface area contributed by atoms with Crippen LogP contribution in [0.1, 0.15) is 32.4 Å². The van der Waals surface area contributed by atoms with Gasteiger partial charge in [-0.25, -0.2) is 0 Å². The summed E-state index contributed by atoms with van der Waals surface area (Å²) in [4.78, 5) is 12.1. The highest BCUT2D eigenvalue weighted by Crippen LogP contribution is 2.25. The standard InChI is InChI=1S/C16H21BrN4OS2/c1-10(2)8-18-15-20-21-16(24-15)23-9-14(22)19-11(3)12-4-6-13(17)7-5-12/h4-7,10-11H,8-9H2,1-3H3,(H,18,20)(H,19,22). The first kappa shape index (κ1) is 19.2. The molecule has 2 aromatic rings. The number of hydrogen-bond acceptors (Lipinski definition) is 6. The lowest BCUT2D eigenvalue weighted by Gasteiger charge is -2.14. The molecule has 5 nitrogen and oxygen atoms in total. The van der Waals surface area contributed by atoms with E-state index in [-0.39, 0.29) is 11.9 Å². The highest BCUT2D eigenvalue weighted by molar-refractivity contribution is 9.10. The maximum absolute atomic E-state index is 12.1. The third-order valence-corrected chi connectivity index (χ3v) is 5.69. The van der Waals surface area contributed by atoms with Crippen molar-refractivity contribution in [3.63, 3.8) is 0 Å². The van der Waals surface area contributed by atoms with Crippen molar-refractivity contribution in [1.29, 1.82) is 0 Å². The number of benzene rings is 1. The molecule has 0 spiro atoms. The number of thioether (sulfide) groups is 1. The zero-order valence-corrected chi connectivity index (χ0v) is 17.1. The number of nitrogens with zero attached hydrogens (tertiary/aromatic N) is 2. The molecule has 1 atom stereocenters. The second-order valence-corrected chi connectivity index (χ2v) is 8.89. The summed E-state index contributed by atoms with van der Waals surface area (Å²) in [5.41, 5.74) is 1.08. The van der Waals surface area contributed by atoms with Crippen molar-refractivity contribution in [3.05, 3.63) is 34.3 Å². The maximum atomic E-state index is 12.1. The van der Waals surface area contributed by atoms with E-state index in [9.17, 15) is 4.79 Å². The van der Waals surface area contributed by atoms with Gasteiger partial charge in [0.25, 0.3) is 0 Å². The van der Waals surface area contributed by atoms with Crippen LogP contribution in [0.4, 0.5) is 5.13 Å². The number of aromatic nitrogens is 2. The van der Waals surface area contributed by atoms with E-state index >= 15 is 0 Å². The highest BCUT2D eigenvalue weighted by Gasteiger charge is 2.12. The van der Waals surface area contributed by atoms with Gasteiger partial charge >= 0.3 is 0 Å². The summed E-state index contributed by atoms with van der Waals surface area (Å²) in [5.74, 6) is 0.873. The Morgan fingerprint density at radius 1 is 1.25 bits per heavy atom. The maximum Gasteiger partial charge on any atom is 0.230 e. The van der Waals surface area contributed by atoms with Crippen LogP contribution < -0.4 is 10.6 Å². The van der Waals surface area contributed by atoms with E-state index in [1.54, 1.807) is 0 Å². The van der Waals surface area contributed by atoms with Crippen LogP contribution in [0.5, 0.6) is 0 Å². The van der Waals surface area contributed by atoms with Gasteiger partial charge in [0.15, 0.2) is 4.34 Å². The topological polar surface area (TPSA) is 66.9 Å². The molecule has 0 bridgehead atoms. The molecule has 0 radical (unpaired) electrons. The van der Waals surface area contributed by atoms with Gasteiger partial charge in [-0.1, -0.05) is 65.0 Å². The average molecular weight is 429 g/mol. The molecule has 0 fully saturated rings. The van der Waals surface area contributed by atoms with Crippen LogP contribution in [0.3, 0.4) is 0 Å². The van der Waals surface area contributed by atoms with Crippen molar-refractivity contribution in [1.82, 2.24) is 15.5 Å². The van der Waals surface area contributed by atoms with Gasteiger partial charge in [0.05, 0.1) is 11.8 Å². The van der Waals surface area contributed by atoms with E-state index in [2.05, 4.69) is 50.6 Å². The van der Waals surface area contributed by atoms with Crippen LogP contribution in [0.25, 0.3) is 0 Å². The molecule has 1 aromatic heterocycles. The molecule has 0 saturated heterocycles. The molecular formula is C16H21BrN4OS2. The Kier molecular flexibility index (Phi) is 7.51. The lowest BCUT2D eigenvalue weighted by molar-refractivity contribution is -0.119. The Bertz CT molecular complexity index is 660. The Morgan fingerprint density at radius 2 is 1.96 bits per heavy atom. The van der Waals surface area contributed by atoms with Crippen molar-refractivity contribution in [2.45, 2.75) is 31.2 Å². The van der Waals surface area contributed by atoms with Crippen molar-refractivity contribution >= 4 is 50.1 Å². The number of nitrogens with one attached hydrogen (secondary N) is 2. The smallest absolute Gasteiger partial charge is 0.230 e. The molecule has 0 aliphatic carbocycles. The normalized spacial score (nSPS) is 12.2. The largest absolute Gasteiger partial charge is 0.360 e. The molecule has 2 rings (SSSR count). The Morgan fingerprint density at radius 3 is 2.62 bits per heavy atom. The molecule has 2 N–H and O–H groups in total. The van der Waals surface area contributed by atoms with Crippen LogP contribution in [-0.2, 0) is 4.79 Å². The van der Waals surface area contributed by atoms with E-state index in [0.717, 1.165) is 26.1 Å². The van der Waals surface area contributed by atoms with E-state index in [0.29, 0.717) is 11.7 Å². The minimum atomic E-state index is -0.0242. The van der Waals surface area contributed by atoms with Gasteiger partial charge in [-0.15, -0.1) is 10.2 Å². The SMILES string of the molecule is CC(C)CNc1nnc(SCC(=O)NC(C)c2ccc(Br)cc2)s1. The summed E-state index contributed by atoms with van der Waals surface area (Å²) >= 11 is 6.30. The third kappa shape index (κ3) is 6.41. The molecule has 1 heterocycles. The number of carbonyl (C=O) groups excluding carboxylic acids is 1. The number of halogens is 1. The first-order valence-corrected chi connectivity index (χ1v) is 10.3. The Labute approximate surface area is 159 Å². The lowest BCUT2D eigenvalue weighted by Crippen LogP contribution is -2.28. The summed E-state index contributed by atoms with van der Waals surface area (Å²) in [7, 11) is 0. The fraction of sp³-hybridized carbons (Fsp3) is 0.438. The number of anilines is 1. The van der Waals surface area contributed by atoms with Gasteiger partial charge in [0.2, 0.25) is 11.0 Å². The van der Waals surface area contributed by atoms with Crippen LogP contribution >= 0.6 is 39.0 Å². The van der Waals surface area contributed by atoms with E-state index < -0.39 is 0 Å². The second-order valence-electron chi connectivity index (χ2n) is 5.78. The van der Waals surface area contributed by atoms with Gasteiger partial charge in [0.1, 0.15) is 0 Å². The van der Waals surface area contributed by atoms with Gasteiger partial charge in [-0.3, -0.25) is 4.79 Å².